The van der Waals surface area contributed by atoms with Gasteiger partial charge >= 0.3 is 11.9 Å². The van der Waals surface area contributed by atoms with E-state index in [4.69, 9.17) is 47.6 Å². The molecule has 16 heteroatoms. The molecule has 49 heavy (non-hydrogen) atoms. The number of carboxylic acids is 1. The molecule has 0 aromatic rings. The quantitative estimate of drug-likeness (QED) is 0.0529. The minimum atomic E-state index is -4.89. The molecule has 0 saturated heterocycles. The minimum absolute atomic E-state index is 0.0601. The highest BCUT2D eigenvalue weighted by Crippen LogP contribution is 2.12. The highest BCUT2D eigenvalue weighted by atomic mass is 32.2. The highest BCUT2D eigenvalue weighted by molar-refractivity contribution is 7.87. The average Bonchev–Trinajstić information content (AvgIpc) is 3.04. The Kier molecular flexibility index (Phi) is 33.9. The van der Waals surface area contributed by atoms with Gasteiger partial charge in [0.05, 0.1) is 106 Å². The zero-order valence-electron chi connectivity index (χ0n) is 29.9. The molecule has 0 spiro atoms. The highest BCUT2D eigenvalue weighted by Gasteiger charge is 2.34. The molecule has 15 nitrogen and oxygen atoms in total. The van der Waals surface area contributed by atoms with Crippen LogP contribution in [0.15, 0.2) is 0 Å². The molecule has 0 aliphatic carbocycles. The summed E-state index contributed by atoms with van der Waals surface area (Å²) in [6.07, 6.45) is 10.8. The Labute approximate surface area is 293 Å². The van der Waals surface area contributed by atoms with Crippen molar-refractivity contribution < 1.29 is 70.3 Å². The number of carbonyl (C=O) groups is 2. The number of ether oxygens (including phenoxy) is 9. The van der Waals surface area contributed by atoms with Crippen LogP contribution in [0, 0.1) is 5.92 Å². The normalized spacial score (nSPS) is 12.5. The summed E-state index contributed by atoms with van der Waals surface area (Å²) in [6, 6.07) is 0. The number of aliphatic carboxylic acids is 1. The van der Waals surface area contributed by atoms with Crippen molar-refractivity contribution in [2.24, 2.45) is 5.92 Å². The van der Waals surface area contributed by atoms with Gasteiger partial charge in [0.2, 0.25) is 0 Å². The first-order valence-corrected chi connectivity index (χ1v) is 19.1. The van der Waals surface area contributed by atoms with Crippen molar-refractivity contribution in [3.05, 3.63) is 0 Å². The van der Waals surface area contributed by atoms with Gasteiger partial charge in [-0.15, -0.1) is 0 Å². The van der Waals surface area contributed by atoms with E-state index in [1.807, 2.05) is 0 Å². The van der Waals surface area contributed by atoms with Crippen molar-refractivity contribution in [3.8, 4) is 0 Å². The Morgan fingerprint density at radius 3 is 1.12 bits per heavy atom. The number of unbranched alkanes of at least 4 members (excludes halogenated alkanes) is 7. The number of carboxylic acid groups (broad SMARTS) is 1. The van der Waals surface area contributed by atoms with E-state index >= 15 is 0 Å². The summed E-state index contributed by atoms with van der Waals surface area (Å²) in [5.41, 5.74) is 0. The first-order valence-electron chi connectivity index (χ1n) is 17.6. The van der Waals surface area contributed by atoms with Crippen LogP contribution in [0.4, 0.5) is 0 Å². The topological polar surface area (TPSA) is 192 Å². The van der Waals surface area contributed by atoms with Crippen LogP contribution in [0.3, 0.4) is 0 Å². The van der Waals surface area contributed by atoms with Gasteiger partial charge in [0.25, 0.3) is 10.1 Å². The van der Waals surface area contributed by atoms with Gasteiger partial charge in [0.1, 0.15) is 6.61 Å². The van der Waals surface area contributed by atoms with Gasteiger partial charge in [0, 0.05) is 6.61 Å². The Balaban J connectivity index is 3.23. The van der Waals surface area contributed by atoms with Gasteiger partial charge < -0.3 is 47.7 Å². The Hall–Kier alpha value is -1.47. The second-order valence-electron chi connectivity index (χ2n) is 11.7. The van der Waals surface area contributed by atoms with E-state index in [-0.39, 0.29) is 26.4 Å². The lowest BCUT2D eigenvalue weighted by molar-refractivity contribution is -0.148. The van der Waals surface area contributed by atoms with E-state index in [1.54, 1.807) is 0 Å². The summed E-state index contributed by atoms with van der Waals surface area (Å²) in [4.78, 5) is 22.3. The third kappa shape index (κ3) is 36.1. The molecule has 0 saturated carbocycles. The molecule has 0 radical (unpaired) electrons. The Morgan fingerprint density at radius 2 is 0.796 bits per heavy atom. The summed E-state index contributed by atoms with van der Waals surface area (Å²) in [6.45, 7) is 11.1. The maximum absolute atomic E-state index is 11.7. The van der Waals surface area contributed by atoms with Crippen molar-refractivity contribution in [1.82, 2.24) is 0 Å². The van der Waals surface area contributed by atoms with E-state index in [0.29, 0.717) is 79.3 Å². The fourth-order valence-corrected chi connectivity index (χ4v) is 4.89. The second kappa shape index (κ2) is 35.0. The van der Waals surface area contributed by atoms with Gasteiger partial charge in [-0.25, -0.2) is 0 Å². The van der Waals surface area contributed by atoms with E-state index in [0.717, 1.165) is 18.9 Å². The van der Waals surface area contributed by atoms with Crippen LogP contribution < -0.4 is 0 Å². The summed E-state index contributed by atoms with van der Waals surface area (Å²) in [5, 5.41) is 6.47. The molecular weight excluding hydrogens is 668 g/mol. The zero-order valence-corrected chi connectivity index (χ0v) is 30.7. The molecule has 0 bridgehead atoms. The largest absolute Gasteiger partial charge is 0.481 e. The zero-order chi connectivity index (χ0) is 36.3. The Morgan fingerprint density at radius 1 is 0.490 bits per heavy atom. The number of rotatable bonds is 39. The number of carbonyl (C=O) groups excluding carboxylic acids is 1. The molecule has 1 atom stereocenters. The molecule has 0 aliphatic rings. The molecule has 0 fully saturated rings. The fraction of sp³-hybridized carbons (Fsp3) is 0.939. The van der Waals surface area contributed by atoms with Crippen molar-refractivity contribution in [2.45, 2.75) is 83.3 Å². The van der Waals surface area contributed by atoms with Crippen molar-refractivity contribution in [2.75, 3.05) is 112 Å². The number of esters is 1. The van der Waals surface area contributed by atoms with Gasteiger partial charge in [-0.2, -0.15) is 8.42 Å². The van der Waals surface area contributed by atoms with Crippen molar-refractivity contribution >= 4 is 22.1 Å². The van der Waals surface area contributed by atoms with E-state index in [9.17, 15) is 18.0 Å². The first-order chi connectivity index (χ1) is 23.6. The van der Waals surface area contributed by atoms with E-state index in [1.165, 1.54) is 51.4 Å². The molecule has 292 valence electrons. The predicted octanol–water partition coefficient (Wildman–Crippen LogP) is 3.56. The minimum Gasteiger partial charge on any atom is -0.481 e. The molecule has 0 heterocycles. The van der Waals surface area contributed by atoms with Crippen LogP contribution >= 0.6 is 0 Å². The number of hydrogen-bond donors (Lipinski definition) is 2. The molecule has 0 aliphatic heterocycles. The van der Waals surface area contributed by atoms with Gasteiger partial charge in [-0.05, 0) is 12.3 Å². The standard InChI is InChI=1S/C33H64O15S/c1-30(2)11-9-7-5-3-4-6-8-10-12-40-13-14-41-15-16-42-17-18-43-19-20-44-21-22-45-23-24-46-25-26-47-27-28-48-33(36)31(29-32(34)35)49(37,38)39/h30-31H,3-29H2,1-2H3,(H,34,35)(H,37,38,39)/t31-/m0/s1. The molecular formula is C33H64O15S. The fourth-order valence-electron chi connectivity index (χ4n) is 4.22. The molecule has 0 unspecified atom stereocenters. The van der Waals surface area contributed by atoms with Crippen LogP contribution in [0.2, 0.25) is 0 Å². The van der Waals surface area contributed by atoms with Crippen molar-refractivity contribution in [1.29, 1.82) is 0 Å². The monoisotopic (exact) mass is 732 g/mol. The van der Waals surface area contributed by atoms with Crippen LogP contribution in [0.25, 0.3) is 0 Å². The Bertz CT molecular complexity index is 857. The van der Waals surface area contributed by atoms with E-state index < -0.39 is 33.7 Å². The SMILES string of the molecule is CC(C)CCCCCCCCCCOCCOCCOCCOCCOCCOCCOCCOCCOC(=O)[C@H](CC(=O)O)S(=O)(=O)O. The van der Waals surface area contributed by atoms with Gasteiger partial charge in [0.15, 0.2) is 5.25 Å². The maximum Gasteiger partial charge on any atom is 0.327 e. The maximum atomic E-state index is 11.7. The van der Waals surface area contributed by atoms with Crippen molar-refractivity contribution in [3.63, 3.8) is 0 Å². The molecule has 0 rings (SSSR count). The summed E-state index contributed by atoms with van der Waals surface area (Å²) in [5.74, 6) is -2.09. The van der Waals surface area contributed by atoms with Gasteiger partial charge in [-0.1, -0.05) is 65.2 Å². The van der Waals surface area contributed by atoms with Crippen LogP contribution in [0.5, 0.6) is 0 Å². The predicted molar refractivity (Wildman–Crippen MR) is 181 cm³/mol. The smallest absolute Gasteiger partial charge is 0.327 e. The summed E-state index contributed by atoms with van der Waals surface area (Å²) < 4.78 is 79.3. The first kappa shape index (κ1) is 47.5. The van der Waals surface area contributed by atoms with Crippen LogP contribution in [-0.4, -0.2) is 148 Å². The number of hydrogen-bond acceptors (Lipinski definition) is 13. The molecule has 2 N–H and O–H groups in total. The lowest BCUT2D eigenvalue weighted by atomic mass is 10.0. The summed E-state index contributed by atoms with van der Waals surface area (Å²) in [7, 11) is -4.89. The summed E-state index contributed by atoms with van der Waals surface area (Å²) >= 11 is 0. The second-order valence-corrected chi connectivity index (χ2v) is 13.3. The van der Waals surface area contributed by atoms with Crippen LogP contribution in [0.1, 0.15) is 78.1 Å². The average molecular weight is 733 g/mol. The third-order valence-electron chi connectivity index (χ3n) is 6.88. The molecule has 0 amide bonds. The third-order valence-corrected chi connectivity index (χ3v) is 7.96. The van der Waals surface area contributed by atoms with Crippen LogP contribution in [-0.2, 0) is 62.3 Å². The lowest BCUT2D eigenvalue weighted by Gasteiger charge is -2.11. The molecule has 0 aromatic heterocycles. The lowest BCUT2D eigenvalue weighted by Crippen LogP contribution is -2.34. The van der Waals surface area contributed by atoms with Gasteiger partial charge in [-0.3, -0.25) is 14.1 Å². The molecule has 0 aromatic carbocycles. The van der Waals surface area contributed by atoms with E-state index in [2.05, 4.69) is 18.6 Å².